The smallest absolute Gasteiger partial charge is 0.419 e. The second-order valence-corrected chi connectivity index (χ2v) is 10.7. The molecule has 39 heavy (non-hydrogen) atoms. The summed E-state index contributed by atoms with van der Waals surface area (Å²) in [7, 11) is 0. The first kappa shape index (κ1) is 26.5. The number of fused-ring (bicyclic) bond motifs is 1. The van der Waals surface area contributed by atoms with E-state index in [1.165, 1.54) is 6.20 Å². The van der Waals surface area contributed by atoms with E-state index < -0.39 is 23.4 Å². The highest BCUT2D eigenvalue weighted by Gasteiger charge is 2.36. The number of hydrogen-bond donors (Lipinski definition) is 2. The van der Waals surface area contributed by atoms with Gasteiger partial charge in [-0.2, -0.15) is 13.2 Å². The van der Waals surface area contributed by atoms with Crippen molar-refractivity contribution in [3.63, 3.8) is 0 Å². The lowest BCUT2D eigenvalue weighted by Crippen LogP contribution is -2.47. The van der Waals surface area contributed by atoms with Crippen LogP contribution in [0.2, 0.25) is 0 Å². The number of piperidine rings is 1. The van der Waals surface area contributed by atoms with Crippen LogP contribution < -0.4 is 5.32 Å². The minimum Gasteiger partial charge on any atom is -0.444 e. The van der Waals surface area contributed by atoms with Gasteiger partial charge in [0.25, 0.3) is 0 Å². The molecule has 2 N–H and O–H groups in total. The van der Waals surface area contributed by atoms with Crippen LogP contribution >= 0.6 is 0 Å². The van der Waals surface area contributed by atoms with Gasteiger partial charge in [0.05, 0.1) is 28.9 Å². The predicted octanol–water partition coefficient (Wildman–Crippen LogP) is 5.95. The summed E-state index contributed by atoms with van der Waals surface area (Å²) in [4.78, 5) is 29.8. The number of para-hydroxylation sites is 1. The number of ether oxygens (including phenoxy) is 1. The minimum absolute atomic E-state index is 0.0600. The molecule has 9 nitrogen and oxygen atoms in total. The SMILES string of the molecule is Cc1cn(-c2cccc3c(-c4nc(N[C@H]5CCCN(C(=O)OC(C)(C)C)C5)ncc4C(F)(F)F)c[nH]c23)cn1. The third-order valence-electron chi connectivity index (χ3n) is 6.44. The van der Waals surface area contributed by atoms with Gasteiger partial charge in [-0.25, -0.2) is 19.7 Å². The summed E-state index contributed by atoms with van der Waals surface area (Å²) in [5, 5.41) is 3.72. The number of rotatable bonds is 4. The van der Waals surface area contributed by atoms with E-state index in [9.17, 15) is 18.0 Å². The van der Waals surface area contributed by atoms with Gasteiger partial charge in [-0.3, -0.25) is 0 Å². The number of aromatic amines is 1. The van der Waals surface area contributed by atoms with Crippen LogP contribution in [0.25, 0.3) is 27.8 Å². The van der Waals surface area contributed by atoms with Gasteiger partial charge in [-0.1, -0.05) is 12.1 Å². The number of H-pyrrole nitrogens is 1. The Labute approximate surface area is 223 Å². The van der Waals surface area contributed by atoms with Crippen LogP contribution in [0.15, 0.2) is 43.1 Å². The Balaban J connectivity index is 1.47. The first-order chi connectivity index (χ1) is 18.4. The maximum Gasteiger partial charge on any atom is 0.419 e. The van der Waals surface area contributed by atoms with E-state index in [1.807, 2.05) is 23.8 Å². The Hall–Kier alpha value is -4.09. The maximum atomic E-state index is 14.1. The molecule has 1 atom stereocenters. The summed E-state index contributed by atoms with van der Waals surface area (Å²) in [5.74, 6) is 0.0600. The van der Waals surface area contributed by atoms with Crippen molar-refractivity contribution in [2.45, 2.75) is 58.4 Å². The molecule has 5 rings (SSSR count). The van der Waals surface area contributed by atoms with Gasteiger partial charge >= 0.3 is 12.3 Å². The zero-order chi connectivity index (χ0) is 27.9. The molecule has 12 heteroatoms. The minimum atomic E-state index is -4.66. The molecule has 1 amide bonds. The van der Waals surface area contributed by atoms with Crippen LogP contribution in [-0.4, -0.2) is 60.2 Å². The molecule has 3 aromatic heterocycles. The van der Waals surface area contributed by atoms with Crippen LogP contribution in [0.5, 0.6) is 0 Å². The molecule has 0 aliphatic carbocycles. The lowest BCUT2D eigenvalue weighted by Gasteiger charge is -2.34. The summed E-state index contributed by atoms with van der Waals surface area (Å²) in [6.45, 7) is 8.13. The van der Waals surface area contributed by atoms with Crippen molar-refractivity contribution in [1.82, 2.24) is 29.4 Å². The molecule has 1 fully saturated rings. The van der Waals surface area contributed by atoms with Crippen LogP contribution in [-0.2, 0) is 10.9 Å². The van der Waals surface area contributed by atoms with Crippen LogP contribution in [0.3, 0.4) is 0 Å². The molecular weight excluding hydrogens is 511 g/mol. The Morgan fingerprint density at radius 3 is 2.69 bits per heavy atom. The highest BCUT2D eigenvalue weighted by Crippen LogP contribution is 2.39. The fourth-order valence-corrected chi connectivity index (χ4v) is 4.74. The number of nitrogens with one attached hydrogen (secondary N) is 2. The monoisotopic (exact) mass is 541 g/mol. The largest absolute Gasteiger partial charge is 0.444 e. The molecule has 4 heterocycles. The molecule has 1 aliphatic heterocycles. The summed E-state index contributed by atoms with van der Waals surface area (Å²) < 4.78 is 49.5. The number of alkyl halides is 3. The molecule has 4 aromatic rings. The van der Waals surface area contributed by atoms with Gasteiger partial charge in [-0.05, 0) is 46.6 Å². The van der Waals surface area contributed by atoms with Crippen molar-refractivity contribution < 1.29 is 22.7 Å². The van der Waals surface area contributed by atoms with Crippen molar-refractivity contribution in [2.24, 2.45) is 0 Å². The fourth-order valence-electron chi connectivity index (χ4n) is 4.74. The van der Waals surface area contributed by atoms with Crippen molar-refractivity contribution in [3.8, 4) is 16.9 Å². The quantitative estimate of drug-likeness (QED) is 0.331. The highest BCUT2D eigenvalue weighted by molar-refractivity contribution is 5.99. The normalized spacial score (nSPS) is 16.5. The number of amides is 1. The van der Waals surface area contributed by atoms with Crippen molar-refractivity contribution in [3.05, 3.63) is 54.4 Å². The lowest BCUT2D eigenvalue weighted by atomic mass is 10.0. The molecule has 0 radical (unpaired) electrons. The molecule has 0 unspecified atom stereocenters. The van der Waals surface area contributed by atoms with Crippen molar-refractivity contribution in [1.29, 1.82) is 0 Å². The van der Waals surface area contributed by atoms with E-state index >= 15 is 0 Å². The fraction of sp³-hybridized carbons (Fsp3) is 0.407. The van der Waals surface area contributed by atoms with Gasteiger partial charge in [0.2, 0.25) is 5.95 Å². The first-order valence-corrected chi connectivity index (χ1v) is 12.7. The van der Waals surface area contributed by atoms with Crippen LogP contribution in [0.4, 0.5) is 23.9 Å². The Morgan fingerprint density at radius 2 is 2.00 bits per heavy atom. The summed E-state index contributed by atoms with van der Waals surface area (Å²) >= 11 is 0. The maximum absolute atomic E-state index is 14.1. The number of anilines is 1. The molecule has 0 spiro atoms. The second kappa shape index (κ2) is 9.90. The van der Waals surface area contributed by atoms with E-state index in [2.05, 4.69) is 25.3 Å². The zero-order valence-corrected chi connectivity index (χ0v) is 22.1. The van der Waals surface area contributed by atoms with E-state index in [0.717, 1.165) is 17.6 Å². The summed E-state index contributed by atoms with van der Waals surface area (Å²) in [6, 6.07) is 5.16. The highest BCUT2D eigenvalue weighted by atomic mass is 19.4. The Kier molecular flexibility index (Phi) is 6.73. The average molecular weight is 542 g/mol. The number of nitrogens with zero attached hydrogens (tertiary/aromatic N) is 5. The molecule has 1 saturated heterocycles. The summed E-state index contributed by atoms with van der Waals surface area (Å²) in [5.41, 5.74) is 0.745. The Morgan fingerprint density at radius 1 is 1.21 bits per heavy atom. The molecule has 0 saturated carbocycles. The average Bonchev–Trinajstić information content (AvgIpc) is 3.48. The van der Waals surface area contributed by atoms with E-state index in [4.69, 9.17) is 4.74 Å². The van der Waals surface area contributed by atoms with Crippen LogP contribution in [0, 0.1) is 6.92 Å². The van der Waals surface area contributed by atoms with E-state index in [1.54, 1.807) is 44.1 Å². The second-order valence-electron chi connectivity index (χ2n) is 10.7. The number of benzene rings is 1. The van der Waals surface area contributed by atoms with Gasteiger partial charge in [0.15, 0.2) is 0 Å². The van der Waals surface area contributed by atoms with E-state index in [-0.39, 0.29) is 17.7 Å². The van der Waals surface area contributed by atoms with Gasteiger partial charge < -0.3 is 24.5 Å². The van der Waals surface area contributed by atoms with Crippen molar-refractivity contribution >= 4 is 22.9 Å². The molecule has 0 bridgehead atoms. The molecular formula is C27H30F3N7O2. The Bertz CT molecular complexity index is 1500. The number of aryl methyl sites for hydroxylation is 1. The number of carbonyl (C=O) groups is 1. The molecule has 206 valence electrons. The number of aromatic nitrogens is 5. The molecule has 1 aromatic carbocycles. The standard InChI is InChI=1S/C27H30F3N7O2/c1-16-13-37(15-33-16)21-9-5-8-18-19(11-31-23(18)21)22-20(27(28,29)30)12-32-24(35-22)34-17-7-6-10-36(14-17)25(38)39-26(2,3)4/h5,8-9,11-13,15,17,31H,6-7,10,14H2,1-4H3,(H,32,34,35)/t17-/m0/s1. The number of carbonyl (C=O) groups excluding carboxylic acids is 1. The number of halogens is 3. The topological polar surface area (TPSA) is 101 Å². The van der Waals surface area contributed by atoms with Gasteiger partial charge in [0, 0.05) is 48.7 Å². The predicted molar refractivity (Wildman–Crippen MR) is 141 cm³/mol. The number of hydrogen-bond acceptors (Lipinski definition) is 6. The van der Waals surface area contributed by atoms with Gasteiger partial charge in [0.1, 0.15) is 11.2 Å². The lowest BCUT2D eigenvalue weighted by molar-refractivity contribution is -0.137. The molecule has 1 aliphatic rings. The van der Waals surface area contributed by atoms with Crippen molar-refractivity contribution in [2.75, 3.05) is 18.4 Å². The van der Waals surface area contributed by atoms with Gasteiger partial charge in [-0.15, -0.1) is 0 Å². The third-order valence-corrected chi connectivity index (χ3v) is 6.44. The number of likely N-dealkylation sites (tertiary alicyclic amines) is 1. The van der Waals surface area contributed by atoms with E-state index in [0.29, 0.717) is 42.4 Å². The summed E-state index contributed by atoms with van der Waals surface area (Å²) in [6.07, 6.45) is 2.17. The zero-order valence-electron chi connectivity index (χ0n) is 22.1. The number of imidazole rings is 1. The third kappa shape index (κ3) is 5.69. The first-order valence-electron chi connectivity index (χ1n) is 12.7. The van der Waals surface area contributed by atoms with Crippen LogP contribution in [0.1, 0.15) is 44.9 Å².